The van der Waals surface area contributed by atoms with Crippen LogP contribution in [0.2, 0.25) is 0 Å². The number of aromatic nitrogens is 3. The molecule has 0 amide bonds. The number of anilines is 1. The Kier molecular flexibility index (Phi) is 4.17. The molecule has 3 aromatic rings. The van der Waals surface area contributed by atoms with Gasteiger partial charge < -0.3 is 10.1 Å². The van der Waals surface area contributed by atoms with Crippen molar-refractivity contribution in [3.8, 4) is 5.88 Å². The largest absolute Gasteiger partial charge is 0.472 e. The van der Waals surface area contributed by atoms with Crippen LogP contribution in [-0.4, -0.2) is 20.6 Å². The first-order valence-corrected chi connectivity index (χ1v) is 8.31. The highest BCUT2D eigenvalue weighted by atomic mass is 32.1. The van der Waals surface area contributed by atoms with Crippen molar-refractivity contribution in [2.24, 2.45) is 0 Å². The maximum Gasteiger partial charge on any atom is 0.214 e. The molecule has 120 valence electrons. The molecule has 0 radical (unpaired) electrons. The minimum atomic E-state index is -0.258. The summed E-state index contributed by atoms with van der Waals surface area (Å²) < 4.78 is 5.81. The molecule has 0 aliphatic rings. The van der Waals surface area contributed by atoms with Gasteiger partial charge in [0.15, 0.2) is 0 Å². The highest BCUT2D eigenvalue weighted by Crippen LogP contribution is 2.27. The average molecular weight is 328 g/mol. The van der Waals surface area contributed by atoms with E-state index in [9.17, 15) is 0 Å². The van der Waals surface area contributed by atoms with Crippen LogP contribution in [0, 0.1) is 6.92 Å². The second kappa shape index (κ2) is 6.12. The summed E-state index contributed by atoms with van der Waals surface area (Å²) in [4.78, 5) is 15.2. The third-order valence-corrected chi connectivity index (χ3v) is 4.08. The van der Waals surface area contributed by atoms with E-state index in [1.165, 1.54) is 4.88 Å². The highest BCUT2D eigenvalue weighted by Gasteiger charge is 2.13. The van der Waals surface area contributed by atoms with Gasteiger partial charge in [0.2, 0.25) is 5.88 Å². The number of rotatable bonds is 4. The molecule has 0 aliphatic carbocycles. The van der Waals surface area contributed by atoms with Gasteiger partial charge in [-0.25, -0.2) is 15.0 Å². The van der Waals surface area contributed by atoms with Crippen molar-refractivity contribution in [3.05, 3.63) is 41.2 Å². The van der Waals surface area contributed by atoms with Gasteiger partial charge in [0.05, 0.1) is 5.39 Å². The summed E-state index contributed by atoms with van der Waals surface area (Å²) in [6.07, 6.45) is 3.36. The fourth-order valence-electron chi connectivity index (χ4n) is 2.23. The van der Waals surface area contributed by atoms with Crippen molar-refractivity contribution in [2.45, 2.75) is 39.8 Å². The maximum atomic E-state index is 5.81. The summed E-state index contributed by atoms with van der Waals surface area (Å²) in [6.45, 7) is 8.77. The van der Waals surface area contributed by atoms with Crippen molar-refractivity contribution < 1.29 is 4.74 Å². The second-order valence-corrected chi connectivity index (χ2v) is 7.60. The van der Waals surface area contributed by atoms with E-state index in [-0.39, 0.29) is 5.60 Å². The van der Waals surface area contributed by atoms with Gasteiger partial charge in [0.25, 0.3) is 0 Å². The topological polar surface area (TPSA) is 59.9 Å². The lowest BCUT2D eigenvalue weighted by molar-refractivity contribution is 0.124. The number of nitrogens with zero attached hydrogens (tertiary/aromatic N) is 3. The summed E-state index contributed by atoms with van der Waals surface area (Å²) in [6, 6.07) is 6.04. The fourth-order valence-corrected chi connectivity index (χ4v) is 3.08. The normalized spacial score (nSPS) is 11.7. The van der Waals surface area contributed by atoms with Crippen molar-refractivity contribution in [1.29, 1.82) is 0 Å². The zero-order valence-electron chi connectivity index (χ0n) is 13.8. The Labute approximate surface area is 139 Å². The Hall–Kier alpha value is -2.21. The van der Waals surface area contributed by atoms with E-state index in [4.69, 9.17) is 4.74 Å². The average Bonchev–Trinajstić information content (AvgIpc) is 2.84. The van der Waals surface area contributed by atoms with Crippen LogP contribution in [-0.2, 0) is 6.54 Å². The molecule has 0 saturated carbocycles. The van der Waals surface area contributed by atoms with Gasteiger partial charge in [-0.05, 0) is 45.4 Å². The molecule has 0 unspecified atom stereocenters. The van der Waals surface area contributed by atoms with Crippen LogP contribution in [0.5, 0.6) is 5.88 Å². The van der Waals surface area contributed by atoms with E-state index in [0.717, 1.165) is 21.6 Å². The zero-order chi connectivity index (χ0) is 16.4. The molecule has 3 heterocycles. The summed E-state index contributed by atoms with van der Waals surface area (Å²) in [5.74, 6) is 1.49. The number of hydrogen-bond donors (Lipinski definition) is 1. The molecule has 0 spiro atoms. The molecule has 0 aliphatic heterocycles. The number of ether oxygens (including phenoxy) is 1. The smallest absolute Gasteiger partial charge is 0.214 e. The fraction of sp³-hybridized carbons (Fsp3) is 0.353. The molecule has 1 N–H and O–H groups in total. The summed E-state index contributed by atoms with van der Waals surface area (Å²) in [7, 11) is 0. The Morgan fingerprint density at radius 3 is 2.78 bits per heavy atom. The van der Waals surface area contributed by atoms with Gasteiger partial charge in [0, 0.05) is 23.7 Å². The first-order valence-electron chi connectivity index (χ1n) is 7.50. The number of hydrogen-bond acceptors (Lipinski definition) is 6. The molecule has 0 aromatic carbocycles. The Morgan fingerprint density at radius 1 is 1.17 bits per heavy atom. The number of pyridine rings is 1. The molecule has 3 rings (SSSR count). The van der Waals surface area contributed by atoms with Gasteiger partial charge >= 0.3 is 0 Å². The lowest BCUT2D eigenvalue weighted by Gasteiger charge is -2.20. The van der Waals surface area contributed by atoms with Crippen molar-refractivity contribution in [3.63, 3.8) is 0 Å². The van der Waals surface area contributed by atoms with Gasteiger partial charge in [-0.1, -0.05) is 0 Å². The van der Waals surface area contributed by atoms with Crippen molar-refractivity contribution >= 4 is 27.4 Å². The standard InChI is InChI=1S/C17H20N4OS/c1-11-7-13-15(20-10-21-16(13)23-11)19-9-12-5-6-18-14(8-12)22-17(2,3)4/h5-8,10H,9H2,1-4H3,(H,19,20,21). The zero-order valence-corrected chi connectivity index (χ0v) is 14.6. The van der Waals surface area contributed by atoms with Crippen LogP contribution < -0.4 is 10.1 Å². The first kappa shape index (κ1) is 15.7. The highest BCUT2D eigenvalue weighted by molar-refractivity contribution is 7.18. The molecule has 0 saturated heterocycles. The summed E-state index contributed by atoms with van der Waals surface area (Å²) in [5.41, 5.74) is 0.837. The predicted octanol–water partition coefficient (Wildman–Crippen LogP) is 4.18. The number of aryl methyl sites for hydroxylation is 1. The second-order valence-electron chi connectivity index (χ2n) is 6.37. The third-order valence-electron chi connectivity index (χ3n) is 3.12. The van der Waals surface area contributed by atoms with Gasteiger partial charge in [-0.2, -0.15) is 0 Å². The summed E-state index contributed by atoms with van der Waals surface area (Å²) >= 11 is 1.68. The number of thiophene rings is 1. The molecule has 3 aromatic heterocycles. The SMILES string of the molecule is Cc1cc2c(NCc3ccnc(OC(C)(C)C)c3)ncnc2s1. The lowest BCUT2D eigenvalue weighted by atomic mass is 10.2. The monoisotopic (exact) mass is 328 g/mol. The Morgan fingerprint density at radius 2 is 2.00 bits per heavy atom. The number of nitrogens with one attached hydrogen (secondary N) is 1. The van der Waals surface area contributed by atoms with Gasteiger partial charge in [0.1, 0.15) is 22.6 Å². The molecule has 5 nitrogen and oxygen atoms in total. The maximum absolute atomic E-state index is 5.81. The van der Waals surface area contributed by atoms with Crippen molar-refractivity contribution in [1.82, 2.24) is 15.0 Å². The van der Waals surface area contributed by atoms with E-state index in [2.05, 4.69) is 33.3 Å². The first-order chi connectivity index (χ1) is 10.9. The van der Waals surface area contributed by atoms with E-state index in [0.29, 0.717) is 12.4 Å². The van der Waals surface area contributed by atoms with E-state index in [1.54, 1.807) is 23.9 Å². The molecule has 0 fully saturated rings. The molecular weight excluding hydrogens is 308 g/mol. The van der Waals surface area contributed by atoms with Gasteiger partial charge in [-0.3, -0.25) is 0 Å². The molecule has 6 heteroatoms. The van der Waals surface area contributed by atoms with Crippen LogP contribution in [0.1, 0.15) is 31.2 Å². The van der Waals surface area contributed by atoms with Crippen LogP contribution in [0.15, 0.2) is 30.7 Å². The molecular formula is C17H20N4OS. The van der Waals surface area contributed by atoms with E-state index < -0.39 is 0 Å². The minimum Gasteiger partial charge on any atom is -0.472 e. The number of fused-ring (bicyclic) bond motifs is 1. The lowest BCUT2D eigenvalue weighted by Crippen LogP contribution is -2.23. The van der Waals surface area contributed by atoms with E-state index >= 15 is 0 Å². The summed E-state index contributed by atoms with van der Waals surface area (Å²) in [5, 5.41) is 4.44. The Balaban J connectivity index is 1.76. The van der Waals surface area contributed by atoms with Crippen LogP contribution in [0.4, 0.5) is 5.82 Å². The van der Waals surface area contributed by atoms with Crippen LogP contribution in [0.3, 0.4) is 0 Å². The molecule has 0 atom stereocenters. The van der Waals surface area contributed by atoms with Gasteiger partial charge in [-0.15, -0.1) is 11.3 Å². The van der Waals surface area contributed by atoms with E-state index in [1.807, 2.05) is 32.9 Å². The van der Waals surface area contributed by atoms with Crippen LogP contribution >= 0.6 is 11.3 Å². The molecule has 23 heavy (non-hydrogen) atoms. The molecule has 0 bridgehead atoms. The Bertz CT molecular complexity index is 823. The van der Waals surface area contributed by atoms with Crippen LogP contribution in [0.25, 0.3) is 10.2 Å². The quantitative estimate of drug-likeness (QED) is 0.778. The van der Waals surface area contributed by atoms with Crippen molar-refractivity contribution in [2.75, 3.05) is 5.32 Å². The predicted molar refractivity (Wildman–Crippen MR) is 94.1 cm³/mol. The third kappa shape index (κ3) is 3.96. The minimum absolute atomic E-state index is 0.258.